The van der Waals surface area contributed by atoms with Gasteiger partial charge in [0.15, 0.2) is 0 Å². The van der Waals surface area contributed by atoms with E-state index >= 15 is 0 Å². The second-order valence-electron chi connectivity index (χ2n) is 6.80. The van der Waals surface area contributed by atoms with E-state index in [4.69, 9.17) is 11.6 Å². The molecule has 2 aliphatic carbocycles. The van der Waals surface area contributed by atoms with Crippen LogP contribution in [0.5, 0.6) is 0 Å². The van der Waals surface area contributed by atoms with Gasteiger partial charge >= 0.3 is 0 Å². The van der Waals surface area contributed by atoms with Gasteiger partial charge in [0.05, 0.1) is 0 Å². The lowest BCUT2D eigenvalue weighted by molar-refractivity contribution is 0.239. The minimum atomic E-state index is 0.361. The number of hydrogen-bond donors (Lipinski definition) is 1. The Labute approximate surface area is 133 Å². The van der Waals surface area contributed by atoms with Gasteiger partial charge in [-0.25, -0.2) is 0 Å². The van der Waals surface area contributed by atoms with E-state index < -0.39 is 0 Å². The van der Waals surface area contributed by atoms with Gasteiger partial charge in [0.25, 0.3) is 0 Å². The van der Waals surface area contributed by atoms with Crippen molar-refractivity contribution in [1.82, 2.24) is 10.2 Å². The summed E-state index contributed by atoms with van der Waals surface area (Å²) < 4.78 is 0. The second-order valence-corrected chi connectivity index (χ2v) is 7.20. The van der Waals surface area contributed by atoms with Gasteiger partial charge in [-0.15, -0.1) is 0 Å². The first-order chi connectivity index (χ1) is 10.3. The minimum Gasteiger partial charge on any atom is -0.313 e. The molecular weight excluding hydrogens is 280 g/mol. The first kappa shape index (κ1) is 15.3. The minimum absolute atomic E-state index is 0.361. The smallest absolute Gasteiger partial charge is 0.0453 e. The third-order valence-electron chi connectivity index (χ3n) is 4.79. The molecule has 2 saturated carbocycles. The van der Waals surface area contributed by atoms with Crippen LogP contribution in [0.3, 0.4) is 0 Å². The standard InChI is InChI=1S/C18H27ClN2/c1-20-18(16-4-2-3-5-17(16)19)10-11-21(12-14-6-7-14)13-15-8-9-15/h2-5,14-15,18,20H,6-13H2,1H3. The number of halogens is 1. The van der Waals surface area contributed by atoms with Crippen molar-refractivity contribution >= 4 is 11.6 Å². The molecule has 1 aromatic rings. The van der Waals surface area contributed by atoms with Crippen LogP contribution in [-0.2, 0) is 0 Å². The van der Waals surface area contributed by atoms with E-state index in [9.17, 15) is 0 Å². The lowest BCUT2D eigenvalue weighted by atomic mass is 10.0. The molecule has 0 radical (unpaired) electrons. The van der Waals surface area contributed by atoms with E-state index in [2.05, 4.69) is 22.3 Å². The van der Waals surface area contributed by atoms with Gasteiger partial charge in [-0.3, -0.25) is 0 Å². The summed E-state index contributed by atoms with van der Waals surface area (Å²) in [6.07, 6.45) is 6.92. The Morgan fingerprint density at radius 3 is 2.29 bits per heavy atom. The molecule has 0 aliphatic heterocycles. The highest BCUT2D eigenvalue weighted by Gasteiger charge is 2.29. The Balaban J connectivity index is 1.55. The van der Waals surface area contributed by atoms with Gasteiger partial charge in [-0.05, 0) is 69.2 Å². The summed E-state index contributed by atoms with van der Waals surface area (Å²) in [6, 6.07) is 8.59. The van der Waals surface area contributed by atoms with Gasteiger partial charge in [0.1, 0.15) is 0 Å². The zero-order valence-electron chi connectivity index (χ0n) is 13.0. The van der Waals surface area contributed by atoms with Gasteiger partial charge in [-0.1, -0.05) is 29.8 Å². The average Bonchev–Trinajstić information content (AvgIpc) is 3.37. The summed E-state index contributed by atoms with van der Waals surface area (Å²) in [5, 5.41) is 4.32. The molecule has 0 bridgehead atoms. The third-order valence-corrected chi connectivity index (χ3v) is 5.13. The van der Waals surface area contributed by atoms with Crippen molar-refractivity contribution in [1.29, 1.82) is 0 Å². The van der Waals surface area contributed by atoms with Crippen molar-refractivity contribution in [3.8, 4) is 0 Å². The first-order valence-corrected chi connectivity index (χ1v) is 8.78. The summed E-state index contributed by atoms with van der Waals surface area (Å²) in [4.78, 5) is 2.70. The SMILES string of the molecule is CNC(CCN(CC1CC1)CC1CC1)c1ccccc1Cl. The zero-order valence-corrected chi connectivity index (χ0v) is 13.8. The maximum Gasteiger partial charge on any atom is 0.0453 e. The average molecular weight is 307 g/mol. The molecule has 2 fully saturated rings. The van der Waals surface area contributed by atoms with Crippen LogP contribution in [0.4, 0.5) is 0 Å². The molecule has 0 amide bonds. The number of hydrogen-bond acceptors (Lipinski definition) is 2. The van der Waals surface area contributed by atoms with Crippen LogP contribution in [0.2, 0.25) is 5.02 Å². The summed E-state index contributed by atoms with van der Waals surface area (Å²) in [6.45, 7) is 3.81. The number of rotatable bonds is 9. The molecule has 3 rings (SSSR count). The van der Waals surface area contributed by atoms with Gasteiger partial charge in [0.2, 0.25) is 0 Å². The summed E-state index contributed by atoms with van der Waals surface area (Å²) in [7, 11) is 2.04. The summed E-state index contributed by atoms with van der Waals surface area (Å²) in [5.74, 6) is 1.97. The van der Waals surface area contributed by atoms with Crippen molar-refractivity contribution < 1.29 is 0 Å². The number of nitrogens with one attached hydrogen (secondary N) is 1. The second kappa shape index (κ2) is 7.13. The van der Waals surface area contributed by atoms with E-state index in [-0.39, 0.29) is 0 Å². The van der Waals surface area contributed by atoms with Crippen LogP contribution in [0.15, 0.2) is 24.3 Å². The van der Waals surface area contributed by atoms with E-state index in [0.717, 1.165) is 23.3 Å². The van der Waals surface area contributed by atoms with Crippen LogP contribution in [0.1, 0.15) is 43.7 Å². The zero-order chi connectivity index (χ0) is 14.7. The van der Waals surface area contributed by atoms with Crippen LogP contribution in [0, 0.1) is 11.8 Å². The molecule has 1 aromatic carbocycles. The molecule has 2 nitrogen and oxygen atoms in total. The molecular formula is C18H27ClN2. The monoisotopic (exact) mass is 306 g/mol. The van der Waals surface area contributed by atoms with Gasteiger partial charge in [0, 0.05) is 24.2 Å². The van der Waals surface area contributed by atoms with Crippen molar-refractivity contribution in [3.63, 3.8) is 0 Å². The summed E-state index contributed by atoms with van der Waals surface area (Å²) >= 11 is 6.35. The topological polar surface area (TPSA) is 15.3 Å². The van der Waals surface area contributed by atoms with E-state index in [1.807, 2.05) is 19.2 Å². The van der Waals surface area contributed by atoms with Crippen LogP contribution in [0.25, 0.3) is 0 Å². The normalized spacial score (nSPS) is 20.0. The quantitative estimate of drug-likeness (QED) is 0.738. The number of nitrogens with zero attached hydrogens (tertiary/aromatic N) is 1. The maximum absolute atomic E-state index is 6.35. The van der Waals surface area contributed by atoms with Gasteiger partial charge in [-0.2, -0.15) is 0 Å². The fraction of sp³-hybridized carbons (Fsp3) is 0.667. The Morgan fingerprint density at radius 2 is 1.76 bits per heavy atom. The van der Waals surface area contributed by atoms with Crippen LogP contribution < -0.4 is 5.32 Å². The lowest BCUT2D eigenvalue weighted by Gasteiger charge is -2.25. The highest BCUT2D eigenvalue weighted by molar-refractivity contribution is 6.31. The van der Waals surface area contributed by atoms with E-state index in [0.29, 0.717) is 6.04 Å². The maximum atomic E-state index is 6.35. The molecule has 1 atom stereocenters. The molecule has 0 saturated heterocycles. The molecule has 21 heavy (non-hydrogen) atoms. The predicted molar refractivity (Wildman–Crippen MR) is 89.8 cm³/mol. The fourth-order valence-corrected chi connectivity index (χ4v) is 3.38. The lowest BCUT2D eigenvalue weighted by Crippen LogP contribution is -2.32. The van der Waals surface area contributed by atoms with E-state index in [1.165, 1.54) is 50.9 Å². The Morgan fingerprint density at radius 1 is 1.14 bits per heavy atom. The van der Waals surface area contributed by atoms with Gasteiger partial charge < -0.3 is 10.2 Å². The Kier molecular flexibility index (Phi) is 5.20. The molecule has 1 unspecified atom stereocenters. The van der Waals surface area contributed by atoms with Crippen LogP contribution in [-0.4, -0.2) is 31.6 Å². The highest BCUT2D eigenvalue weighted by Crippen LogP contribution is 2.34. The highest BCUT2D eigenvalue weighted by atomic mass is 35.5. The van der Waals surface area contributed by atoms with E-state index in [1.54, 1.807) is 0 Å². The molecule has 1 N–H and O–H groups in total. The fourth-order valence-electron chi connectivity index (χ4n) is 3.11. The Hall–Kier alpha value is -0.570. The van der Waals surface area contributed by atoms with Crippen molar-refractivity contribution in [3.05, 3.63) is 34.9 Å². The molecule has 0 aromatic heterocycles. The summed E-state index contributed by atoms with van der Waals surface area (Å²) in [5.41, 5.74) is 1.24. The first-order valence-electron chi connectivity index (χ1n) is 8.40. The van der Waals surface area contributed by atoms with Crippen molar-refractivity contribution in [2.24, 2.45) is 11.8 Å². The molecule has 3 heteroatoms. The molecule has 0 heterocycles. The van der Waals surface area contributed by atoms with Crippen molar-refractivity contribution in [2.75, 3.05) is 26.7 Å². The van der Waals surface area contributed by atoms with Crippen LogP contribution >= 0.6 is 11.6 Å². The molecule has 116 valence electrons. The third kappa shape index (κ3) is 4.70. The number of benzene rings is 1. The predicted octanol–water partition coefficient (Wildman–Crippen LogP) is 4.11. The molecule has 2 aliphatic rings. The Bertz CT molecular complexity index is 440. The molecule has 0 spiro atoms. The largest absolute Gasteiger partial charge is 0.313 e. The van der Waals surface area contributed by atoms with Crippen molar-refractivity contribution in [2.45, 2.75) is 38.1 Å².